The zero-order valence-electron chi connectivity index (χ0n) is 20.1. The maximum Gasteiger partial charge on any atom is 0.146 e. The Morgan fingerprint density at radius 2 is 2.00 bits per heavy atom. The third kappa shape index (κ3) is 4.61. The highest BCUT2D eigenvalue weighted by Gasteiger charge is 2.46. The smallest absolute Gasteiger partial charge is 0.146 e. The Morgan fingerprint density at radius 3 is 2.74 bits per heavy atom. The summed E-state index contributed by atoms with van der Waals surface area (Å²) in [4.78, 5) is 10.4. The lowest BCUT2D eigenvalue weighted by atomic mass is 9.61. The first-order valence-electron chi connectivity index (χ1n) is 12.4. The van der Waals surface area contributed by atoms with Crippen molar-refractivity contribution in [3.8, 4) is 5.75 Å². The van der Waals surface area contributed by atoms with E-state index >= 15 is 0 Å². The number of allylic oxidation sites excluding steroid dienone is 1. The average molecular weight is 480 g/mol. The zero-order valence-corrected chi connectivity index (χ0v) is 20.8. The first-order chi connectivity index (χ1) is 16.5. The number of ether oxygens (including phenoxy) is 1. The van der Waals surface area contributed by atoms with Gasteiger partial charge in [0.1, 0.15) is 17.1 Å². The molecule has 1 heterocycles. The lowest BCUT2D eigenvalue weighted by molar-refractivity contribution is -0.0574. The predicted molar refractivity (Wildman–Crippen MR) is 138 cm³/mol. The molecule has 0 spiro atoms. The van der Waals surface area contributed by atoms with Crippen molar-refractivity contribution in [1.29, 1.82) is 0 Å². The molecule has 2 bridgehead atoms. The molecule has 6 rings (SSSR count). The molecule has 1 saturated carbocycles. The summed E-state index contributed by atoms with van der Waals surface area (Å²) in [6, 6.07) is 14.4. The number of imidazole rings is 1. The fourth-order valence-electron chi connectivity index (χ4n) is 5.82. The number of H-pyrrole nitrogens is 1. The van der Waals surface area contributed by atoms with Crippen molar-refractivity contribution in [2.45, 2.75) is 44.1 Å². The van der Waals surface area contributed by atoms with Gasteiger partial charge in [-0.15, -0.1) is 0 Å². The normalized spacial score (nSPS) is 24.1. The number of benzene rings is 2. The van der Waals surface area contributed by atoms with Crippen LogP contribution < -0.4 is 4.74 Å². The molecule has 3 atom stereocenters. The summed E-state index contributed by atoms with van der Waals surface area (Å²) >= 11 is 6.32. The molecule has 2 N–H and O–H groups in total. The molecule has 1 aromatic heterocycles. The number of methoxy groups -OCH3 is 1. The molecule has 0 saturated heterocycles. The number of fused-ring (bicyclic) bond motifs is 3. The van der Waals surface area contributed by atoms with E-state index in [1.807, 2.05) is 12.1 Å². The van der Waals surface area contributed by atoms with Gasteiger partial charge in [-0.1, -0.05) is 48.0 Å². The van der Waals surface area contributed by atoms with E-state index in [-0.39, 0.29) is 5.92 Å². The number of aromatic nitrogens is 2. The quantitative estimate of drug-likeness (QED) is 0.411. The molecular formula is C28H34ClN3O2. The van der Waals surface area contributed by atoms with E-state index < -0.39 is 5.60 Å². The van der Waals surface area contributed by atoms with Crippen LogP contribution in [0.25, 0.3) is 16.6 Å². The highest BCUT2D eigenvalue weighted by molar-refractivity contribution is 6.35. The molecule has 3 aliphatic carbocycles. The number of hydrogen-bond donors (Lipinski definition) is 2. The number of halogens is 1. The molecule has 1 fully saturated rings. The molecule has 6 heteroatoms. The zero-order chi connectivity index (χ0) is 23.7. The van der Waals surface area contributed by atoms with Crippen LogP contribution in [-0.4, -0.2) is 52.8 Å². The number of nitrogens with one attached hydrogen (secondary N) is 1. The van der Waals surface area contributed by atoms with Gasteiger partial charge in [-0.05, 0) is 74.9 Å². The van der Waals surface area contributed by atoms with Crippen LogP contribution in [0.5, 0.6) is 5.75 Å². The average Bonchev–Trinajstić information content (AvgIpc) is 3.29. The predicted octanol–water partition coefficient (Wildman–Crippen LogP) is 5.72. The second kappa shape index (κ2) is 9.73. The summed E-state index contributed by atoms with van der Waals surface area (Å²) in [5.41, 5.74) is 3.80. The molecule has 1 unspecified atom stereocenters. The van der Waals surface area contributed by atoms with E-state index in [1.165, 1.54) is 17.6 Å². The van der Waals surface area contributed by atoms with Crippen LogP contribution in [0.1, 0.15) is 43.5 Å². The third-order valence-electron chi connectivity index (χ3n) is 7.75. The molecule has 0 radical (unpaired) electrons. The van der Waals surface area contributed by atoms with Crippen LogP contribution in [0.4, 0.5) is 0 Å². The topological polar surface area (TPSA) is 61.4 Å². The Bertz CT molecular complexity index is 1180. The number of hydrogen-bond acceptors (Lipinski definition) is 4. The first kappa shape index (κ1) is 23.4. The number of rotatable bonds is 9. The second-order valence-electron chi connectivity index (χ2n) is 9.99. The Kier molecular flexibility index (Phi) is 6.70. The molecular weight excluding hydrogens is 446 g/mol. The molecule has 2 aromatic carbocycles. The van der Waals surface area contributed by atoms with Crippen molar-refractivity contribution in [1.82, 2.24) is 14.9 Å². The van der Waals surface area contributed by atoms with Crippen LogP contribution in [0, 0.1) is 11.8 Å². The van der Waals surface area contributed by atoms with Crippen molar-refractivity contribution in [3.05, 3.63) is 65.0 Å². The fraction of sp³-hybridized carbons (Fsp3) is 0.464. The highest BCUT2D eigenvalue weighted by atomic mass is 35.5. The third-order valence-corrected chi connectivity index (χ3v) is 8.06. The Morgan fingerprint density at radius 1 is 1.18 bits per heavy atom. The van der Waals surface area contributed by atoms with Crippen molar-refractivity contribution in [2.24, 2.45) is 11.8 Å². The van der Waals surface area contributed by atoms with Gasteiger partial charge in [-0.3, -0.25) is 0 Å². The number of aromatic amines is 1. The van der Waals surface area contributed by atoms with E-state index in [0.717, 1.165) is 67.8 Å². The molecule has 3 aliphatic rings. The van der Waals surface area contributed by atoms with Crippen molar-refractivity contribution >= 4 is 28.2 Å². The number of aliphatic hydroxyl groups is 1. The first-order valence-corrected chi connectivity index (χ1v) is 12.7. The maximum atomic E-state index is 11.5. The van der Waals surface area contributed by atoms with Crippen LogP contribution in [-0.2, 0) is 6.42 Å². The summed E-state index contributed by atoms with van der Waals surface area (Å²) in [6.45, 7) is 1.85. The minimum atomic E-state index is -0.582. The molecule has 180 valence electrons. The molecule has 3 aromatic rings. The maximum absolute atomic E-state index is 11.5. The fourth-order valence-corrected chi connectivity index (χ4v) is 6.02. The van der Waals surface area contributed by atoms with Crippen LogP contribution >= 0.6 is 11.6 Å². The largest absolute Gasteiger partial charge is 0.494 e. The van der Waals surface area contributed by atoms with Gasteiger partial charge in [0.25, 0.3) is 0 Å². The summed E-state index contributed by atoms with van der Waals surface area (Å²) < 4.78 is 5.41. The minimum absolute atomic E-state index is 0.261. The number of nitrogens with zero attached hydrogens (tertiary/aromatic N) is 2. The van der Waals surface area contributed by atoms with Gasteiger partial charge in [-0.2, -0.15) is 0 Å². The molecule has 0 amide bonds. The van der Waals surface area contributed by atoms with E-state index in [2.05, 4.69) is 53.3 Å². The lowest BCUT2D eigenvalue weighted by Crippen LogP contribution is -2.48. The Balaban J connectivity index is 1.14. The van der Waals surface area contributed by atoms with Gasteiger partial charge in [0, 0.05) is 18.9 Å². The van der Waals surface area contributed by atoms with E-state index in [4.69, 9.17) is 21.3 Å². The summed E-state index contributed by atoms with van der Waals surface area (Å²) in [5.74, 6) is 2.39. The van der Waals surface area contributed by atoms with Gasteiger partial charge < -0.3 is 19.7 Å². The summed E-state index contributed by atoms with van der Waals surface area (Å²) in [6.07, 6.45) is 8.19. The van der Waals surface area contributed by atoms with Crippen LogP contribution in [0.2, 0.25) is 5.02 Å². The van der Waals surface area contributed by atoms with Crippen molar-refractivity contribution < 1.29 is 9.84 Å². The van der Waals surface area contributed by atoms with E-state index in [9.17, 15) is 5.11 Å². The van der Waals surface area contributed by atoms with Gasteiger partial charge >= 0.3 is 0 Å². The van der Waals surface area contributed by atoms with Gasteiger partial charge in [0.05, 0.1) is 23.3 Å². The van der Waals surface area contributed by atoms with Crippen molar-refractivity contribution in [3.63, 3.8) is 0 Å². The van der Waals surface area contributed by atoms with Crippen molar-refractivity contribution in [2.75, 3.05) is 27.2 Å². The Hall–Kier alpha value is -2.34. The standard InChI is InChI=1S/C28H34ClN3O2/c1-32(15-6-9-25-30-26-23(29)12-13-24(34-2)27(26)31-25)16-14-28(33)18-20-10-11-21(28)17-22(20)19-7-4-3-5-8-19/h3-5,7-8,12-13,17,20-21,33H,6,9-11,14-16,18H2,1-2H3,(H,30,31)/t20-,21?,28+/m1/s1. The summed E-state index contributed by atoms with van der Waals surface area (Å²) in [5, 5.41) is 12.2. The Labute approximate surface area is 206 Å². The summed E-state index contributed by atoms with van der Waals surface area (Å²) in [7, 11) is 3.80. The number of aryl methyl sites for hydroxylation is 1. The SMILES string of the molecule is COc1ccc(Cl)c2[nH]c(CCCN(C)CC[C@]3(O)C[C@H]4CCC3C=C4c3ccccc3)nc12. The second-order valence-corrected chi connectivity index (χ2v) is 10.4. The van der Waals surface area contributed by atoms with E-state index in [1.54, 1.807) is 7.11 Å². The van der Waals surface area contributed by atoms with Gasteiger partial charge in [0.15, 0.2) is 0 Å². The van der Waals surface area contributed by atoms with Gasteiger partial charge in [-0.25, -0.2) is 4.98 Å². The molecule has 5 nitrogen and oxygen atoms in total. The molecule has 34 heavy (non-hydrogen) atoms. The van der Waals surface area contributed by atoms with Crippen LogP contribution in [0.3, 0.4) is 0 Å². The van der Waals surface area contributed by atoms with Crippen LogP contribution in [0.15, 0.2) is 48.5 Å². The van der Waals surface area contributed by atoms with E-state index in [0.29, 0.717) is 10.9 Å². The lowest BCUT2D eigenvalue weighted by Gasteiger charge is -2.48. The minimum Gasteiger partial charge on any atom is -0.494 e. The highest BCUT2D eigenvalue weighted by Crippen LogP contribution is 2.51. The monoisotopic (exact) mass is 479 g/mol. The molecule has 0 aliphatic heterocycles. The van der Waals surface area contributed by atoms with Gasteiger partial charge in [0.2, 0.25) is 0 Å².